The van der Waals surface area contributed by atoms with Crippen molar-refractivity contribution in [2.75, 3.05) is 0 Å². The average Bonchev–Trinajstić information content (AvgIpc) is 2.53. The van der Waals surface area contributed by atoms with Crippen LogP contribution in [0.15, 0.2) is 53.0 Å². The van der Waals surface area contributed by atoms with Gasteiger partial charge in [0.1, 0.15) is 16.1 Å². The van der Waals surface area contributed by atoms with Gasteiger partial charge in [0.15, 0.2) is 0 Å². The minimum Gasteiger partial charge on any atom is -0.127 e. The van der Waals surface area contributed by atoms with Crippen LogP contribution >= 0.6 is 38.5 Å². The van der Waals surface area contributed by atoms with E-state index in [2.05, 4.69) is 125 Å². The largest absolute Gasteiger partial charge is 0.129 e. The molecule has 0 N–H and O–H groups in total. The van der Waals surface area contributed by atoms with Gasteiger partial charge < -0.3 is 0 Å². The van der Waals surface area contributed by atoms with E-state index in [0.717, 1.165) is 15.6 Å². The monoisotopic (exact) mass is 552 g/mol. The molecule has 136 valence electrons. The molecule has 0 bridgehead atoms. The Hall–Kier alpha value is -0.796. The molecule has 0 spiro atoms. The van der Waals surface area contributed by atoms with E-state index in [1.165, 1.54) is 3.57 Å². The Morgan fingerprint density at radius 1 is 0.654 bits per heavy atom. The third-order valence-electron chi connectivity index (χ3n) is 2.85. The molecule has 0 aliphatic carbocycles. The highest BCUT2D eigenvalue weighted by molar-refractivity contribution is 14.1. The fraction of sp³-hybridized carbons (Fsp3) is 0.273. The molecule has 2 aromatic rings. The van der Waals surface area contributed by atoms with Gasteiger partial charge in [-0.15, -0.1) is 11.1 Å². The molecule has 2 rings (SSSR count). The Morgan fingerprint density at radius 2 is 1.00 bits per heavy atom. The molecule has 0 nitrogen and oxygen atoms in total. The summed E-state index contributed by atoms with van der Waals surface area (Å²) >= 11 is 5.70. The Bertz CT molecular complexity index is 746. The number of hydrogen-bond acceptors (Lipinski definition) is 0. The molecule has 0 saturated carbocycles. The maximum atomic E-state index is 3.40. The normalized spacial score (nSPS) is 10.5. The summed E-state index contributed by atoms with van der Waals surface area (Å²) in [5.74, 6) is 6.42. The lowest BCUT2D eigenvalue weighted by Crippen LogP contribution is -2.16. The maximum Gasteiger partial charge on any atom is 0.129 e. The van der Waals surface area contributed by atoms with Gasteiger partial charge in [-0.25, -0.2) is 0 Å². The third-order valence-corrected chi connectivity index (χ3v) is 5.85. The molecule has 0 atom stereocenters. The molecule has 4 heteroatoms. The fourth-order valence-electron chi connectivity index (χ4n) is 1.59. The van der Waals surface area contributed by atoms with Gasteiger partial charge >= 0.3 is 0 Å². The van der Waals surface area contributed by atoms with E-state index in [0.29, 0.717) is 0 Å². The first-order valence-electron chi connectivity index (χ1n) is 8.52. The van der Waals surface area contributed by atoms with Gasteiger partial charge in [-0.2, -0.15) is 0 Å². The summed E-state index contributed by atoms with van der Waals surface area (Å²) in [5.41, 5.74) is 8.91. The van der Waals surface area contributed by atoms with Gasteiger partial charge in [0.25, 0.3) is 0 Å². The average molecular weight is 553 g/mol. The number of rotatable bonds is 0. The van der Waals surface area contributed by atoms with Gasteiger partial charge in [-0.05, 0) is 71.1 Å². The van der Waals surface area contributed by atoms with Crippen LogP contribution in [0.25, 0.3) is 0 Å². The van der Waals surface area contributed by atoms with Crippen molar-refractivity contribution in [1.82, 2.24) is 0 Å². The highest BCUT2D eigenvalue weighted by Crippen LogP contribution is 2.10. The second kappa shape index (κ2) is 10.5. The molecule has 0 amide bonds. The molecule has 0 heterocycles. The second-order valence-electron chi connectivity index (χ2n) is 8.01. The van der Waals surface area contributed by atoms with Crippen LogP contribution in [0.5, 0.6) is 0 Å². The SMILES string of the molecule is C[Si](C)(C)C#Cc1ccc(Br)cc1.C[Si](C)(C)C#Cc1ccc(I)cc1. The summed E-state index contributed by atoms with van der Waals surface area (Å²) in [6, 6.07) is 16.5. The summed E-state index contributed by atoms with van der Waals surface area (Å²) in [6.07, 6.45) is 0. The van der Waals surface area contributed by atoms with Crippen molar-refractivity contribution in [2.24, 2.45) is 0 Å². The summed E-state index contributed by atoms with van der Waals surface area (Å²) in [7, 11) is -2.44. The predicted molar refractivity (Wildman–Crippen MR) is 134 cm³/mol. The lowest BCUT2D eigenvalue weighted by atomic mass is 10.2. The van der Waals surface area contributed by atoms with Crippen molar-refractivity contribution in [3.8, 4) is 22.9 Å². The first kappa shape index (κ1) is 23.2. The van der Waals surface area contributed by atoms with E-state index in [9.17, 15) is 0 Å². The standard InChI is InChI=1S/C11H13BrSi.C11H13ISi/c2*1-13(2,3)9-8-10-4-6-11(12)7-5-10/h2*4-7H,1-3H3. The minimum atomic E-state index is -1.23. The molecular weight excluding hydrogens is 527 g/mol. The molecule has 0 unspecified atom stereocenters. The lowest BCUT2D eigenvalue weighted by Gasteiger charge is -2.03. The van der Waals surface area contributed by atoms with E-state index >= 15 is 0 Å². The van der Waals surface area contributed by atoms with E-state index in [-0.39, 0.29) is 0 Å². The van der Waals surface area contributed by atoms with Crippen LogP contribution in [0, 0.1) is 26.5 Å². The molecule has 0 saturated heterocycles. The minimum absolute atomic E-state index is 1.10. The molecular formula is C22H26BrISi2. The van der Waals surface area contributed by atoms with Crippen LogP contribution in [0.4, 0.5) is 0 Å². The van der Waals surface area contributed by atoms with Crippen molar-refractivity contribution >= 4 is 54.7 Å². The Morgan fingerprint density at radius 3 is 1.35 bits per heavy atom. The summed E-state index contributed by atoms with van der Waals surface area (Å²) in [4.78, 5) is 0. The third kappa shape index (κ3) is 11.7. The summed E-state index contributed by atoms with van der Waals surface area (Å²) in [6.45, 7) is 13.5. The van der Waals surface area contributed by atoms with Gasteiger partial charge in [0.2, 0.25) is 0 Å². The van der Waals surface area contributed by atoms with Crippen LogP contribution in [0.3, 0.4) is 0 Å². The highest BCUT2D eigenvalue weighted by atomic mass is 127. The lowest BCUT2D eigenvalue weighted by molar-refractivity contribution is 1.60. The fourth-order valence-corrected chi connectivity index (χ4v) is 3.25. The van der Waals surface area contributed by atoms with Crippen molar-refractivity contribution in [3.63, 3.8) is 0 Å². The molecule has 0 aromatic heterocycles. The van der Waals surface area contributed by atoms with Crippen LogP contribution in [-0.2, 0) is 0 Å². The number of benzene rings is 2. The Kier molecular flexibility index (Phi) is 9.40. The van der Waals surface area contributed by atoms with Gasteiger partial charge in [0, 0.05) is 19.2 Å². The number of halogens is 2. The predicted octanol–water partition coefficient (Wildman–Crippen LogP) is 7.20. The first-order valence-corrected chi connectivity index (χ1v) is 17.4. The van der Waals surface area contributed by atoms with Crippen molar-refractivity contribution in [1.29, 1.82) is 0 Å². The van der Waals surface area contributed by atoms with Crippen LogP contribution in [0.1, 0.15) is 11.1 Å². The van der Waals surface area contributed by atoms with Crippen molar-refractivity contribution < 1.29 is 0 Å². The molecule has 0 radical (unpaired) electrons. The molecule has 0 fully saturated rings. The zero-order chi connectivity index (χ0) is 19.8. The Labute approximate surface area is 183 Å². The van der Waals surface area contributed by atoms with E-state index in [4.69, 9.17) is 0 Å². The zero-order valence-corrected chi connectivity index (χ0v) is 22.1. The quantitative estimate of drug-likeness (QED) is 0.184. The zero-order valence-electron chi connectivity index (χ0n) is 16.4. The van der Waals surface area contributed by atoms with Crippen LogP contribution < -0.4 is 0 Å². The summed E-state index contributed by atoms with van der Waals surface area (Å²) in [5, 5.41) is 0. The van der Waals surface area contributed by atoms with Crippen LogP contribution in [0.2, 0.25) is 39.3 Å². The van der Waals surface area contributed by atoms with Gasteiger partial charge in [0.05, 0.1) is 0 Å². The summed E-state index contributed by atoms with van der Waals surface area (Å²) < 4.78 is 2.36. The maximum absolute atomic E-state index is 3.40. The van der Waals surface area contributed by atoms with E-state index in [1.54, 1.807) is 0 Å². The van der Waals surface area contributed by atoms with E-state index < -0.39 is 16.1 Å². The van der Waals surface area contributed by atoms with Crippen LogP contribution in [-0.4, -0.2) is 16.1 Å². The molecule has 0 aliphatic rings. The molecule has 26 heavy (non-hydrogen) atoms. The van der Waals surface area contributed by atoms with E-state index in [1.807, 2.05) is 24.3 Å². The van der Waals surface area contributed by atoms with Crippen molar-refractivity contribution in [2.45, 2.75) is 39.3 Å². The van der Waals surface area contributed by atoms with Gasteiger partial charge in [-0.3, -0.25) is 0 Å². The Balaban J connectivity index is 0.000000260. The smallest absolute Gasteiger partial charge is 0.127 e. The highest BCUT2D eigenvalue weighted by Gasteiger charge is 2.07. The van der Waals surface area contributed by atoms with Crippen molar-refractivity contribution in [3.05, 3.63) is 67.7 Å². The molecule has 0 aliphatic heterocycles. The number of hydrogen-bond donors (Lipinski definition) is 0. The molecule has 2 aromatic carbocycles. The van der Waals surface area contributed by atoms with Gasteiger partial charge in [-0.1, -0.05) is 67.1 Å². The topological polar surface area (TPSA) is 0 Å². The first-order chi connectivity index (χ1) is 11.9. The second-order valence-corrected chi connectivity index (χ2v) is 19.7.